The first-order valence-electron chi connectivity index (χ1n) is 11.3. The minimum atomic E-state index is -0.137. The van der Waals surface area contributed by atoms with Gasteiger partial charge in [0.2, 0.25) is 5.91 Å². The van der Waals surface area contributed by atoms with Crippen LogP contribution in [0.15, 0.2) is 30.3 Å². The molecule has 160 valence electrons. The van der Waals surface area contributed by atoms with Crippen LogP contribution in [0.2, 0.25) is 0 Å². The second kappa shape index (κ2) is 9.56. The SMILES string of the molecule is O=C(Nc1ccccc1)C(CCCCO)N1CCC[C@]12CCCN(C1COC1)C2. The number of rotatable bonds is 8. The summed E-state index contributed by atoms with van der Waals surface area (Å²) in [7, 11) is 0. The van der Waals surface area contributed by atoms with Gasteiger partial charge in [0.1, 0.15) is 0 Å². The topological polar surface area (TPSA) is 65.0 Å². The molecule has 1 unspecified atom stereocenters. The molecule has 1 aromatic carbocycles. The average molecular weight is 402 g/mol. The van der Waals surface area contributed by atoms with Crippen LogP contribution in [-0.2, 0) is 9.53 Å². The maximum Gasteiger partial charge on any atom is 0.241 e. The minimum absolute atomic E-state index is 0.0968. The summed E-state index contributed by atoms with van der Waals surface area (Å²) in [5.41, 5.74) is 0.959. The fourth-order valence-electron chi connectivity index (χ4n) is 5.40. The van der Waals surface area contributed by atoms with Crippen molar-refractivity contribution in [1.82, 2.24) is 9.80 Å². The van der Waals surface area contributed by atoms with Crippen LogP contribution in [0.5, 0.6) is 0 Å². The van der Waals surface area contributed by atoms with Crippen molar-refractivity contribution in [2.45, 2.75) is 62.6 Å². The third-order valence-corrected chi connectivity index (χ3v) is 6.98. The quantitative estimate of drug-likeness (QED) is 0.655. The molecule has 1 aromatic rings. The maximum absolute atomic E-state index is 13.4. The summed E-state index contributed by atoms with van der Waals surface area (Å²) in [6, 6.07) is 10.2. The Morgan fingerprint density at radius 3 is 2.62 bits per heavy atom. The number of para-hydroxylation sites is 1. The Balaban J connectivity index is 1.51. The Bertz CT molecular complexity index is 667. The largest absolute Gasteiger partial charge is 0.396 e. The van der Waals surface area contributed by atoms with E-state index in [1.165, 1.54) is 19.3 Å². The van der Waals surface area contributed by atoms with Crippen molar-refractivity contribution in [3.05, 3.63) is 30.3 Å². The zero-order chi connectivity index (χ0) is 20.1. The highest BCUT2D eigenvalue weighted by molar-refractivity contribution is 5.94. The van der Waals surface area contributed by atoms with Gasteiger partial charge >= 0.3 is 0 Å². The van der Waals surface area contributed by atoms with Gasteiger partial charge in [-0.25, -0.2) is 0 Å². The number of benzene rings is 1. The van der Waals surface area contributed by atoms with Gasteiger partial charge in [0.15, 0.2) is 0 Å². The van der Waals surface area contributed by atoms with Crippen molar-refractivity contribution in [3.8, 4) is 0 Å². The molecule has 1 amide bonds. The van der Waals surface area contributed by atoms with Crippen LogP contribution in [0.1, 0.15) is 44.9 Å². The molecule has 6 nitrogen and oxygen atoms in total. The number of amides is 1. The lowest BCUT2D eigenvalue weighted by Crippen LogP contribution is -2.64. The molecule has 3 fully saturated rings. The number of nitrogens with zero attached hydrogens (tertiary/aromatic N) is 2. The first-order chi connectivity index (χ1) is 14.2. The van der Waals surface area contributed by atoms with Crippen molar-refractivity contribution in [1.29, 1.82) is 0 Å². The first-order valence-corrected chi connectivity index (χ1v) is 11.3. The number of unbranched alkanes of at least 4 members (excludes halogenated alkanes) is 1. The summed E-state index contributed by atoms with van der Waals surface area (Å²) in [6.45, 7) is 5.08. The smallest absolute Gasteiger partial charge is 0.241 e. The number of ether oxygens (including phenoxy) is 1. The molecular formula is C23H35N3O3. The van der Waals surface area contributed by atoms with Gasteiger partial charge < -0.3 is 15.2 Å². The summed E-state index contributed by atoms with van der Waals surface area (Å²) in [5.74, 6) is 0.0968. The van der Waals surface area contributed by atoms with Crippen LogP contribution in [0.4, 0.5) is 5.69 Å². The minimum Gasteiger partial charge on any atom is -0.396 e. The summed E-state index contributed by atoms with van der Waals surface area (Å²) in [4.78, 5) is 18.5. The van der Waals surface area contributed by atoms with E-state index in [4.69, 9.17) is 4.74 Å². The second-order valence-corrected chi connectivity index (χ2v) is 8.88. The molecule has 3 saturated heterocycles. The zero-order valence-electron chi connectivity index (χ0n) is 17.4. The second-order valence-electron chi connectivity index (χ2n) is 8.88. The first kappa shape index (κ1) is 20.8. The molecule has 0 saturated carbocycles. The number of nitrogens with one attached hydrogen (secondary N) is 1. The molecule has 29 heavy (non-hydrogen) atoms. The standard InChI is InChI=1S/C23H35N3O3/c27-15-5-4-10-21(22(28)24-19-8-2-1-3-9-19)26-14-7-12-23(26)11-6-13-25(18-23)20-16-29-17-20/h1-3,8-9,20-21,27H,4-7,10-18H2,(H,24,28)/t21?,23-/m0/s1. The molecule has 0 bridgehead atoms. The average Bonchev–Trinajstić information content (AvgIpc) is 3.07. The van der Waals surface area contributed by atoms with Gasteiger partial charge in [-0.2, -0.15) is 0 Å². The van der Waals surface area contributed by atoms with Crippen molar-refractivity contribution < 1.29 is 14.6 Å². The van der Waals surface area contributed by atoms with Gasteiger partial charge in [-0.3, -0.25) is 14.6 Å². The Morgan fingerprint density at radius 2 is 1.93 bits per heavy atom. The van der Waals surface area contributed by atoms with E-state index < -0.39 is 0 Å². The van der Waals surface area contributed by atoms with Gasteiger partial charge in [0.05, 0.1) is 25.3 Å². The third kappa shape index (κ3) is 4.66. The number of likely N-dealkylation sites (tertiary alicyclic amines) is 2. The van der Waals surface area contributed by atoms with E-state index in [0.29, 0.717) is 6.04 Å². The normalized spacial score (nSPS) is 27.1. The molecule has 2 N–H and O–H groups in total. The summed E-state index contributed by atoms with van der Waals surface area (Å²) < 4.78 is 5.44. The van der Waals surface area contributed by atoms with Gasteiger partial charge in [-0.05, 0) is 70.2 Å². The van der Waals surface area contributed by atoms with Crippen LogP contribution < -0.4 is 5.32 Å². The van der Waals surface area contributed by atoms with E-state index in [0.717, 1.165) is 64.2 Å². The molecule has 3 heterocycles. The van der Waals surface area contributed by atoms with Gasteiger partial charge in [0, 0.05) is 24.4 Å². The van der Waals surface area contributed by atoms with Crippen molar-refractivity contribution in [3.63, 3.8) is 0 Å². The van der Waals surface area contributed by atoms with Crippen molar-refractivity contribution >= 4 is 11.6 Å². The fourth-order valence-corrected chi connectivity index (χ4v) is 5.40. The Labute approximate surface area is 174 Å². The molecule has 4 rings (SSSR count). The third-order valence-electron chi connectivity index (χ3n) is 6.98. The van der Waals surface area contributed by atoms with E-state index in [2.05, 4.69) is 15.1 Å². The van der Waals surface area contributed by atoms with E-state index in [1.807, 2.05) is 30.3 Å². The Kier molecular flexibility index (Phi) is 6.85. The van der Waals surface area contributed by atoms with Crippen LogP contribution in [0, 0.1) is 0 Å². The molecule has 0 aromatic heterocycles. The van der Waals surface area contributed by atoms with E-state index >= 15 is 0 Å². The lowest BCUT2D eigenvalue weighted by Gasteiger charge is -2.51. The number of aliphatic hydroxyl groups is 1. The number of aliphatic hydroxyl groups excluding tert-OH is 1. The number of hydrogen-bond acceptors (Lipinski definition) is 5. The summed E-state index contributed by atoms with van der Waals surface area (Å²) >= 11 is 0. The Morgan fingerprint density at radius 1 is 1.17 bits per heavy atom. The zero-order valence-corrected chi connectivity index (χ0v) is 17.4. The number of carbonyl (C=O) groups excluding carboxylic acids is 1. The van der Waals surface area contributed by atoms with Crippen LogP contribution in [0.3, 0.4) is 0 Å². The van der Waals surface area contributed by atoms with E-state index in [-0.39, 0.29) is 24.1 Å². The van der Waals surface area contributed by atoms with Crippen LogP contribution >= 0.6 is 0 Å². The molecular weight excluding hydrogens is 366 g/mol. The highest BCUT2D eigenvalue weighted by Gasteiger charge is 2.49. The lowest BCUT2D eigenvalue weighted by atomic mass is 9.84. The van der Waals surface area contributed by atoms with Crippen molar-refractivity contribution in [2.24, 2.45) is 0 Å². The molecule has 0 aliphatic carbocycles. The molecule has 2 atom stereocenters. The van der Waals surface area contributed by atoms with Gasteiger partial charge in [-0.1, -0.05) is 18.2 Å². The maximum atomic E-state index is 13.4. The van der Waals surface area contributed by atoms with Gasteiger partial charge in [-0.15, -0.1) is 0 Å². The van der Waals surface area contributed by atoms with Crippen LogP contribution in [-0.4, -0.2) is 77.9 Å². The molecule has 0 radical (unpaired) electrons. The fraction of sp³-hybridized carbons (Fsp3) is 0.696. The Hall–Kier alpha value is -1.47. The number of hydrogen-bond donors (Lipinski definition) is 2. The number of carbonyl (C=O) groups is 1. The van der Waals surface area contributed by atoms with E-state index in [1.54, 1.807) is 0 Å². The van der Waals surface area contributed by atoms with E-state index in [9.17, 15) is 9.90 Å². The highest BCUT2D eigenvalue weighted by atomic mass is 16.5. The van der Waals surface area contributed by atoms with Crippen LogP contribution in [0.25, 0.3) is 0 Å². The predicted molar refractivity (Wildman–Crippen MR) is 114 cm³/mol. The molecule has 1 spiro atoms. The number of anilines is 1. The molecule has 6 heteroatoms. The lowest BCUT2D eigenvalue weighted by molar-refractivity contribution is -0.127. The van der Waals surface area contributed by atoms with Gasteiger partial charge in [0.25, 0.3) is 0 Å². The summed E-state index contributed by atoms with van der Waals surface area (Å²) in [6.07, 6.45) is 7.12. The summed E-state index contributed by atoms with van der Waals surface area (Å²) in [5, 5.41) is 12.4. The monoisotopic (exact) mass is 401 g/mol. The molecule has 3 aliphatic rings. The number of piperidine rings is 1. The molecule has 3 aliphatic heterocycles. The predicted octanol–water partition coefficient (Wildman–Crippen LogP) is 2.49. The van der Waals surface area contributed by atoms with Crippen molar-refractivity contribution in [2.75, 3.05) is 44.8 Å². The highest BCUT2D eigenvalue weighted by Crippen LogP contribution is 2.40.